The monoisotopic (exact) mass is 305 g/mol. The maximum absolute atomic E-state index is 12.2. The van der Waals surface area contributed by atoms with Crippen LogP contribution in [0, 0.1) is 0 Å². The Morgan fingerprint density at radius 3 is 2.86 bits per heavy atom. The van der Waals surface area contributed by atoms with Crippen molar-refractivity contribution in [3.8, 4) is 11.5 Å². The highest BCUT2D eigenvalue weighted by Gasteiger charge is 2.43. The van der Waals surface area contributed by atoms with Crippen LogP contribution in [0.15, 0.2) is 18.2 Å². The molecule has 1 aromatic rings. The number of urea groups is 1. The third-order valence-electron chi connectivity index (χ3n) is 3.97. The number of benzene rings is 1. The average molecular weight is 305 g/mol. The molecule has 3 unspecified atom stereocenters. The van der Waals surface area contributed by atoms with Crippen LogP contribution in [0.2, 0.25) is 0 Å². The van der Waals surface area contributed by atoms with Crippen molar-refractivity contribution >= 4 is 11.9 Å². The zero-order valence-electron chi connectivity index (χ0n) is 11.8. The Balaban J connectivity index is 1.56. The lowest BCUT2D eigenvalue weighted by Gasteiger charge is -2.43. The number of carbonyl (C=O) groups is 2. The van der Waals surface area contributed by atoms with E-state index in [1.807, 2.05) is 18.2 Å². The Hall–Kier alpha value is -2.36. The van der Waals surface area contributed by atoms with E-state index in [1.165, 1.54) is 7.05 Å². The molecule has 0 saturated carbocycles. The van der Waals surface area contributed by atoms with Gasteiger partial charge in [0.25, 0.3) is 5.91 Å². The molecule has 3 amide bonds. The van der Waals surface area contributed by atoms with Gasteiger partial charge in [0.05, 0.1) is 6.17 Å². The number of rotatable bonds is 1. The normalized spacial score (nSPS) is 30.0. The van der Waals surface area contributed by atoms with Crippen LogP contribution in [0.25, 0.3) is 0 Å². The Labute approximate surface area is 125 Å². The van der Waals surface area contributed by atoms with Crippen LogP contribution in [-0.4, -0.2) is 42.9 Å². The molecule has 0 bridgehead atoms. The number of hydrogen-bond donors (Lipinski definition) is 4. The molecule has 0 aromatic heterocycles. The third kappa shape index (κ3) is 1.98. The third-order valence-corrected chi connectivity index (χ3v) is 3.97. The Morgan fingerprint density at radius 2 is 2.00 bits per heavy atom. The molecule has 0 radical (unpaired) electrons. The predicted molar refractivity (Wildman–Crippen MR) is 73.6 cm³/mol. The predicted octanol–water partition coefficient (Wildman–Crippen LogP) is -1.01. The number of fused-ring (bicyclic) bond motifs is 2. The number of carbonyl (C=O) groups excluding carboxylic acids is 2. The van der Waals surface area contributed by atoms with Crippen molar-refractivity contribution in [1.29, 1.82) is 0 Å². The molecule has 2 fully saturated rings. The summed E-state index contributed by atoms with van der Waals surface area (Å²) in [6, 6.07) is 4.58. The quantitative estimate of drug-likeness (QED) is 0.527. The second-order valence-electron chi connectivity index (χ2n) is 5.30. The molecular weight excluding hydrogens is 290 g/mol. The fourth-order valence-corrected chi connectivity index (χ4v) is 2.72. The molecule has 3 aliphatic heterocycles. The minimum Gasteiger partial charge on any atom is -0.454 e. The number of amides is 3. The number of imide groups is 1. The minimum absolute atomic E-state index is 0.211. The second-order valence-corrected chi connectivity index (χ2v) is 5.30. The highest BCUT2D eigenvalue weighted by atomic mass is 16.7. The van der Waals surface area contributed by atoms with Gasteiger partial charge in [-0.25, -0.2) is 15.6 Å². The van der Waals surface area contributed by atoms with Gasteiger partial charge < -0.3 is 14.8 Å². The van der Waals surface area contributed by atoms with Crippen LogP contribution in [0.5, 0.6) is 11.5 Å². The molecule has 4 rings (SSSR count). The van der Waals surface area contributed by atoms with Crippen molar-refractivity contribution in [1.82, 2.24) is 26.4 Å². The van der Waals surface area contributed by atoms with Crippen LogP contribution in [0.1, 0.15) is 11.7 Å². The van der Waals surface area contributed by atoms with Crippen molar-refractivity contribution in [2.75, 3.05) is 13.8 Å². The molecule has 1 aromatic carbocycles. The van der Waals surface area contributed by atoms with Gasteiger partial charge in [0.15, 0.2) is 11.5 Å². The molecule has 3 heterocycles. The maximum atomic E-state index is 12.2. The fourth-order valence-electron chi connectivity index (χ4n) is 2.72. The van der Waals surface area contributed by atoms with Gasteiger partial charge in [-0.2, -0.15) is 0 Å². The highest BCUT2D eigenvalue weighted by Crippen LogP contribution is 2.34. The highest BCUT2D eigenvalue weighted by molar-refractivity contribution is 6.00. The topological polar surface area (TPSA) is 104 Å². The summed E-state index contributed by atoms with van der Waals surface area (Å²) < 4.78 is 10.6. The molecule has 2 saturated heterocycles. The van der Waals surface area contributed by atoms with E-state index in [1.54, 1.807) is 0 Å². The van der Waals surface area contributed by atoms with Gasteiger partial charge in [0, 0.05) is 7.05 Å². The number of hydrogen-bond acceptors (Lipinski definition) is 7. The Kier molecular flexibility index (Phi) is 2.93. The van der Waals surface area contributed by atoms with Gasteiger partial charge in [-0.05, 0) is 17.7 Å². The number of likely N-dealkylation sites (N-methyl/N-ethyl adjacent to an activating group) is 1. The molecule has 3 aliphatic rings. The molecule has 9 heteroatoms. The molecule has 22 heavy (non-hydrogen) atoms. The Morgan fingerprint density at radius 1 is 1.18 bits per heavy atom. The summed E-state index contributed by atoms with van der Waals surface area (Å²) in [4.78, 5) is 24.9. The summed E-state index contributed by atoms with van der Waals surface area (Å²) in [6.07, 6.45) is -0.801. The summed E-state index contributed by atoms with van der Waals surface area (Å²) in [5.41, 5.74) is 6.88. The first-order chi connectivity index (χ1) is 10.6. The lowest BCUT2D eigenvalue weighted by molar-refractivity contribution is -0.133. The van der Waals surface area contributed by atoms with Crippen LogP contribution < -0.4 is 31.0 Å². The van der Waals surface area contributed by atoms with Crippen molar-refractivity contribution in [2.24, 2.45) is 0 Å². The fraction of sp³-hybridized carbons (Fsp3) is 0.385. The Bertz CT molecular complexity index is 651. The number of nitrogens with zero attached hydrogens (tertiary/aromatic N) is 1. The maximum Gasteiger partial charge on any atom is 0.325 e. The number of nitrogens with one attached hydrogen (secondary N) is 4. The van der Waals surface area contributed by atoms with E-state index in [2.05, 4.69) is 21.5 Å². The van der Waals surface area contributed by atoms with E-state index in [-0.39, 0.29) is 18.9 Å². The van der Waals surface area contributed by atoms with Gasteiger partial charge in [-0.3, -0.25) is 15.0 Å². The molecular formula is C13H15N5O4. The summed E-state index contributed by atoms with van der Waals surface area (Å²) in [7, 11) is 1.45. The van der Waals surface area contributed by atoms with Gasteiger partial charge in [-0.15, -0.1) is 0 Å². The van der Waals surface area contributed by atoms with Crippen molar-refractivity contribution in [2.45, 2.75) is 18.4 Å². The van der Waals surface area contributed by atoms with E-state index in [4.69, 9.17) is 9.47 Å². The van der Waals surface area contributed by atoms with Gasteiger partial charge >= 0.3 is 6.03 Å². The van der Waals surface area contributed by atoms with E-state index in [9.17, 15) is 9.59 Å². The van der Waals surface area contributed by atoms with Crippen molar-refractivity contribution in [3.05, 3.63) is 23.8 Å². The average Bonchev–Trinajstić information content (AvgIpc) is 3.00. The smallest absolute Gasteiger partial charge is 0.325 e. The molecule has 0 spiro atoms. The zero-order chi connectivity index (χ0) is 15.3. The second kappa shape index (κ2) is 4.83. The zero-order valence-corrected chi connectivity index (χ0v) is 11.8. The van der Waals surface area contributed by atoms with Crippen LogP contribution in [0.3, 0.4) is 0 Å². The summed E-state index contributed by atoms with van der Waals surface area (Å²) >= 11 is 0. The van der Waals surface area contributed by atoms with Crippen molar-refractivity contribution in [3.63, 3.8) is 0 Å². The number of hydrazine groups is 1. The van der Waals surface area contributed by atoms with E-state index >= 15 is 0 Å². The lowest BCUT2D eigenvalue weighted by Crippen LogP contribution is -2.76. The van der Waals surface area contributed by atoms with E-state index < -0.39 is 18.2 Å². The minimum atomic E-state index is -0.556. The van der Waals surface area contributed by atoms with E-state index in [0.717, 1.165) is 10.5 Å². The SMILES string of the molecule is CN1C(=O)NC2NNC(c3ccc4c(c3)OCO4)NC2C1=O. The lowest BCUT2D eigenvalue weighted by atomic mass is 10.1. The largest absolute Gasteiger partial charge is 0.454 e. The van der Waals surface area contributed by atoms with Crippen LogP contribution >= 0.6 is 0 Å². The summed E-state index contributed by atoms with van der Waals surface area (Å²) in [6.45, 7) is 0.211. The van der Waals surface area contributed by atoms with Crippen LogP contribution in [0.4, 0.5) is 4.79 Å². The molecule has 116 valence electrons. The first-order valence-corrected chi connectivity index (χ1v) is 6.88. The first kappa shape index (κ1) is 13.3. The molecule has 4 N–H and O–H groups in total. The first-order valence-electron chi connectivity index (χ1n) is 6.88. The molecule has 9 nitrogen and oxygen atoms in total. The van der Waals surface area contributed by atoms with Gasteiger partial charge in [0.2, 0.25) is 6.79 Å². The van der Waals surface area contributed by atoms with Gasteiger partial charge in [-0.1, -0.05) is 6.07 Å². The van der Waals surface area contributed by atoms with E-state index in [0.29, 0.717) is 11.5 Å². The summed E-state index contributed by atoms with van der Waals surface area (Å²) in [5.74, 6) is 1.09. The summed E-state index contributed by atoms with van der Waals surface area (Å²) in [5, 5.41) is 5.89. The number of ether oxygens (including phenoxy) is 2. The van der Waals surface area contributed by atoms with Gasteiger partial charge in [0.1, 0.15) is 12.2 Å². The standard InChI is InChI=1S/C13H15N5O4/c1-18-12(19)9-11(15-13(18)20)17-16-10(14-9)6-2-3-7-8(4-6)22-5-21-7/h2-4,9-11,14,16-17H,5H2,1H3,(H,15,20). The molecule has 3 atom stereocenters. The molecule has 0 aliphatic carbocycles. The van der Waals surface area contributed by atoms with Crippen LogP contribution in [-0.2, 0) is 4.79 Å². The van der Waals surface area contributed by atoms with Crippen molar-refractivity contribution < 1.29 is 19.1 Å².